The molecule has 0 bridgehead atoms. The topological polar surface area (TPSA) is 60.4 Å². The van der Waals surface area contributed by atoms with Crippen LogP contribution in [0.1, 0.15) is 51.2 Å². The lowest BCUT2D eigenvalue weighted by Crippen LogP contribution is -2.50. The SMILES string of the molecule is CCOc1cc2c3c(c1)[C@H](C)CC(C)(C)N3C(=O)C2=Nc1ccc2c(c1)OCO2. The molecule has 3 aliphatic rings. The summed E-state index contributed by atoms with van der Waals surface area (Å²) in [5.41, 5.74) is 3.80. The predicted octanol–water partition coefficient (Wildman–Crippen LogP) is 4.57. The van der Waals surface area contributed by atoms with Crippen molar-refractivity contribution in [1.82, 2.24) is 0 Å². The molecule has 3 heterocycles. The summed E-state index contributed by atoms with van der Waals surface area (Å²) >= 11 is 0. The van der Waals surface area contributed by atoms with Crippen LogP contribution in [0.5, 0.6) is 17.2 Å². The first-order chi connectivity index (χ1) is 13.9. The van der Waals surface area contributed by atoms with E-state index in [0.717, 1.165) is 29.0 Å². The van der Waals surface area contributed by atoms with Crippen LogP contribution in [-0.2, 0) is 4.79 Å². The van der Waals surface area contributed by atoms with Crippen molar-refractivity contribution >= 4 is 23.0 Å². The molecule has 29 heavy (non-hydrogen) atoms. The first-order valence-electron chi connectivity index (χ1n) is 10.0. The zero-order valence-corrected chi connectivity index (χ0v) is 17.1. The summed E-state index contributed by atoms with van der Waals surface area (Å²) in [6.45, 7) is 9.19. The van der Waals surface area contributed by atoms with Gasteiger partial charge < -0.3 is 19.1 Å². The molecule has 0 radical (unpaired) electrons. The Kier molecular flexibility index (Phi) is 3.88. The van der Waals surface area contributed by atoms with Crippen molar-refractivity contribution in [3.63, 3.8) is 0 Å². The molecule has 2 aromatic carbocycles. The fourth-order valence-corrected chi connectivity index (χ4v) is 4.73. The number of anilines is 1. The fourth-order valence-electron chi connectivity index (χ4n) is 4.73. The largest absolute Gasteiger partial charge is 0.494 e. The molecule has 0 saturated carbocycles. The van der Waals surface area contributed by atoms with E-state index < -0.39 is 0 Å². The molecule has 0 N–H and O–H groups in total. The first-order valence-corrected chi connectivity index (χ1v) is 10.0. The van der Waals surface area contributed by atoms with E-state index in [1.807, 2.05) is 36.1 Å². The van der Waals surface area contributed by atoms with Crippen LogP contribution in [0.4, 0.5) is 11.4 Å². The van der Waals surface area contributed by atoms with E-state index >= 15 is 0 Å². The van der Waals surface area contributed by atoms with Crippen molar-refractivity contribution in [2.45, 2.75) is 45.6 Å². The lowest BCUT2D eigenvalue weighted by atomic mass is 9.80. The van der Waals surface area contributed by atoms with Gasteiger partial charge in [-0.05, 0) is 62.9 Å². The smallest absolute Gasteiger partial charge is 0.278 e. The predicted molar refractivity (Wildman–Crippen MR) is 111 cm³/mol. The zero-order valence-electron chi connectivity index (χ0n) is 17.1. The number of ether oxygens (including phenoxy) is 3. The Morgan fingerprint density at radius 2 is 2.00 bits per heavy atom. The number of rotatable bonds is 3. The zero-order chi connectivity index (χ0) is 20.3. The molecule has 0 saturated heterocycles. The number of hydrogen-bond acceptors (Lipinski definition) is 5. The summed E-state index contributed by atoms with van der Waals surface area (Å²) in [4.78, 5) is 20.2. The van der Waals surface area contributed by atoms with Crippen molar-refractivity contribution < 1.29 is 19.0 Å². The van der Waals surface area contributed by atoms with Crippen LogP contribution in [0.25, 0.3) is 0 Å². The van der Waals surface area contributed by atoms with Gasteiger partial charge in [0.15, 0.2) is 11.5 Å². The number of amides is 1. The van der Waals surface area contributed by atoms with Gasteiger partial charge in [-0.2, -0.15) is 0 Å². The number of nitrogens with zero attached hydrogens (tertiary/aromatic N) is 2. The van der Waals surface area contributed by atoms with E-state index in [1.165, 1.54) is 0 Å². The second-order valence-corrected chi connectivity index (χ2v) is 8.40. The number of fused-ring (bicyclic) bond motifs is 1. The molecule has 0 spiro atoms. The van der Waals surface area contributed by atoms with Crippen LogP contribution in [0.15, 0.2) is 35.3 Å². The van der Waals surface area contributed by atoms with Crippen LogP contribution < -0.4 is 19.1 Å². The third-order valence-corrected chi connectivity index (χ3v) is 5.85. The Morgan fingerprint density at radius 1 is 1.21 bits per heavy atom. The van der Waals surface area contributed by atoms with Gasteiger partial charge in [-0.3, -0.25) is 4.79 Å². The van der Waals surface area contributed by atoms with Gasteiger partial charge in [0.1, 0.15) is 11.5 Å². The Hall–Kier alpha value is -3.02. The number of carbonyl (C=O) groups is 1. The van der Waals surface area contributed by atoms with E-state index in [9.17, 15) is 4.79 Å². The van der Waals surface area contributed by atoms with Crippen molar-refractivity contribution in [2.75, 3.05) is 18.3 Å². The van der Waals surface area contributed by atoms with Gasteiger partial charge in [0.25, 0.3) is 5.91 Å². The molecule has 5 rings (SSSR count). The molecule has 6 nitrogen and oxygen atoms in total. The van der Waals surface area contributed by atoms with Gasteiger partial charge in [-0.25, -0.2) is 4.99 Å². The quantitative estimate of drug-likeness (QED) is 0.768. The van der Waals surface area contributed by atoms with Gasteiger partial charge in [0.05, 0.1) is 18.0 Å². The van der Waals surface area contributed by atoms with Crippen molar-refractivity contribution in [2.24, 2.45) is 4.99 Å². The van der Waals surface area contributed by atoms with E-state index in [1.54, 1.807) is 0 Å². The average Bonchev–Trinajstić information content (AvgIpc) is 3.23. The van der Waals surface area contributed by atoms with Gasteiger partial charge >= 0.3 is 0 Å². The minimum absolute atomic E-state index is 0.0653. The van der Waals surface area contributed by atoms with E-state index in [-0.39, 0.29) is 18.2 Å². The van der Waals surface area contributed by atoms with Crippen molar-refractivity contribution in [1.29, 1.82) is 0 Å². The normalized spacial score (nSPS) is 22.2. The molecule has 0 unspecified atom stereocenters. The highest BCUT2D eigenvalue weighted by atomic mass is 16.7. The number of benzene rings is 2. The van der Waals surface area contributed by atoms with Crippen molar-refractivity contribution in [3.05, 3.63) is 41.5 Å². The van der Waals surface area contributed by atoms with Crippen LogP contribution in [0.3, 0.4) is 0 Å². The van der Waals surface area contributed by atoms with Crippen LogP contribution in [0.2, 0.25) is 0 Å². The van der Waals surface area contributed by atoms with Crippen LogP contribution >= 0.6 is 0 Å². The third-order valence-electron chi connectivity index (χ3n) is 5.85. The summed E-state index contributed by atoms with van der Waals surface area (Å²) in [5, 5.41) is 0. The Bertz CT molecular complexity index is 1060. The van der Waals surface area contributed by atoms with Gasteiger partial charge in [-0.15, -0.1) is 0 Å². The fraction of sp³-hybridized carbons (Fsp3) is 0.391. The van der Waals surface area contributed by atoms with Gasteiger partial charge in [0.2, 0.25) is 6.79 Å². The molecule has 0 fully saturated rings. The first kappa shape index (κ1) is 18.0. The van der Waals surface area contributed by atoms with E-state index in [2.05, 4.69) is 26.8 Å². The maximum atomic E-state index is 13.5. The monoisotopic (exact) mass is 392 g/mol. The van der Waals surface area contributed by atoms with E-state index in [4.69, 9.17) is 19.2 Å². The summed E-state index contributed by atoms with van der Waals surface area (Å²) in [5.74, 6) is 2.39. The summed E-state index contributed by atoms with van der Waals surface area (Å²) in [7, 11) is 0. The van der Waals surface area contributed by atoms with Gasteiger partial charge in [-0.1, -0.05) is 6.92 Å². The van der Waals surface area contributed by atoms with Gasteiger partial charge in [0, 0.05) is 17.2 Å². The Morgan fingerprint density at radius 3 is 2.79 bits per heavy atom. The molecular weight excluding hydrogens is 368 g/mol. The third kappa shape index (κ3) is 2.69. The van der Waals surface area contributed by atoms with E-state index in [0.29, 0.717) is 35.4 Å². The lowest BCUT2D eigenvalue weighted by Gasteiger charge is -2.43. The minimum atomic E-state index is -0.280. The molecule has 1 amide bonds. The molecule has 1 atom stereocenters. The summed E-state index contributed by atoms with van der Waals surface area (Å²) < 4.78 is 16.6. The molecule has 0 aliphatic carbocycles. The average molecular weight is 392 g/mol. The number of carbonyl (C=O) groups excluding carboxylic acids is 1. The Balaban J connectivity index is 1.70. The molecule has 2 aromatic rings. The molecular formula is C23H24N2O4. The summed E-state index contributed by atoms with van der Waals surface area (Å²) in [6.07, 6.45) is 0.887. The molecule has 150 valence electrons. The molecule has 6 heteroatoms. The maximum absolute atomic E-state index is 13.5. The second-order valence-electron chi connectivity index (χ2n) is 8.40. The highest BCUT2D eigenvalue weighted by Gasteiger charge is 2.48. The van der Waals surface area contributed by atoms with Crippen molar-refractivity contribution in [3.8, 4) is 17.2 Å². The molecule has 0 aromatic heterocycles. The van der Waals surface area contributed by atoms with Crippen LogP contribution in [0, 0.1) is 0 Å². The number of aliphatic imine (C=N–C) groups is 1. The lowest BCUT2D eigenvalue weighted by molar-refractivity contribution is -0.113. The maximum Gasteiger partial charge on any atom is 0.278 e. The standard InChI is InChI=1S/C23H24N2O4/c1-5-27-15-9-16-13(2)11-23(3,4)25-21(16)17(10-15)20(22(25)26)24-14-6-7-18-19(8-14)29-12-28-18/h6-10,13H,5,11-12H2,1-4H3/t13-/m1/s1. The number of hydrogen-bond donors (Lipinski definition) is 0. The Labute approximate surface area is 170 Å². The minimum Gasteiger partial charge on any atom is -0.494 e. The highest BCUT2D eigenvalue weighted by molar-refractivity contribution is 6.55. The summed E-state index contributed by atoms with van der Waals surface area (Å²) in [6, 6.07) is 9.50. The molecule has 3 aliphatic heterocycles. The highest BCUT2D eigenvalue weighted by Crippen LogP contribution is 2.50. The van der Waals surface area contributed by atoms with Crippen LogP contribution in [-0.4, -0.2) is 30.6 Å². The second kappa shape index (κ2) is 6.24.